The van der Waals surface area contributed by atoms with Gasteiger partial charge in [-0.3, -0.25) is 0 Å². The third kappa shape index (κ3) is 2.57. The topological polar surface area (TPSA) is 38.9 Å². The van der Waals surface area contributed by atoms with Gasteiger partial charge in [0.2, 0.25) is 5.89 Å². The summed E-state index contributed by atoms with van der Waals surface area (Å²) in [6.07, 6.45) is 1.62. The van der Waals surface area contributed by atoms with Crippen molar-refractivity contribution in [2.75, 3.05) is 0 Å². The quantitative estimate of drug-likeness (QED) is 0.802. The van der Waals surface area contributed by atoms with Gasteiger partial charge in [0.1, 0.15) is 0 Å². The fourth-order valence-electron chi connectivity index (χ4n) is 1.47. The predicted molar refractivity (Wildman–Crippen MR) is 57.9 cm³/mol. The highest BCUT2D eigenvalue weighted by Gasteiger charge is 2.04. The van der Waals surface area contributed by atoms with Crippen molar-refractivity contribution < 1.29 is 4.42 Å². The molecule has 2 aromatic rings. The second kappa shape index (κ2) is 4.45. The molecule has 15 heavy (non-hydrogen) atoms. The van der Waals surface area contributed by atoms with Crippen LogP contribution in [0, 0.1) is 6.92 Å². The molecule has 0 bridgehead atoms. The van der Waals surface area contributed by atoms with Gasteiger partial charge in [0, 0.05) is 6.42 Å². The molecule has 0 aliphatic rings. The van der Waals surface area contributed by atoms with E-state index in [1.807, 2.05) is 12.1 Å². The monoisotopic (exact) mass is 222 g/mol. The molecule has 1 aromatic carbocycles. The lowest BCUT2D eigenvalue weighted by Gasteiger charge is -2.02. The van der Waals surface area contributed by atoms with Gasteiger partial charge in [-0.1, -0.05) is 29.4 Å². The molecule has 0 unspecified atom stereocenters. The van der Waals surface area contributed by atoms with Gasteiger partial charge >= 0.3 is 5.35 Å². The average molecular weight is 223 g/mol. The van der Waals surface area contributed by atoms with Crippen molar-refractivity contribution in [2.24, 2.45) is 0 Å². The first-order chi connectivity index (χ1) is 7.25. The standard InChI is InChI=1S/C11H11ClN2O/c1-8-4-2-3-5-9(8)6-7-10-13-14-11(12)15-10/h2-5H,6-7H2,1H3. The van der Waals surface area contributed by atoms with Crippen molar-refractivity contribution in [1.29, 1.82) is 0 Å². The summed E-state index contributed by atoms with van der Waals surface area (Å²) in [6, 6.07) is 8.26. The molecule has 0 atom stereocenters. The zero-order chi connectivity index (χ0) is 10.7. The Morgan fingerprint density at radius 3 is 2.67 bits per heavy atom. The minimum atomic E-state index is 0.106. The van der Waals surface area contributed by atoms with Gasteiger partial charge in [-0.05, 0) is 36.1 Å². The van der Waals surface area contributed by atoms with Crippen LogP contribution in [0.25, 0.3) is 0 Å². The first kappa shape index (κ1) is 10.2. The molecule has 2 rings (SSSR count). The lowest BCUT2D eigenvalue weighted by molar-refractivity contribution is 0.494. The number of halogens is 1. The highest BCUT2D eigenvalue weighted by atomic mass is 35.5. The Morgan fingerprint density at radius 2 is 2.00 bits per heavy atom. The third-order valence-electron chi connectivity index (χ3n) is 2.31. The van der Waals surface area contributed by atoms with E-state index in [-0.39, 0.29) is 5.35 Å². The average Bonchev–Trinajstić information content (AvgIpc) is 2.63. The first-order valence-electron chi connectivity index (χ1n) is 4.78. The fraction of sp³-hybridized carbons (Fsp3) is 0.273. The summed E-state index contributed by atoms with van der Waals surface area (Å²) in [5, 5.41) is 7.52. The molecule has 0 fully saturated rings. The van der Waals surface area contributed by atoms with Crippen LogP contribution in [-0.4, -0.2) is 10.2 Å². The van der Waals surface area contributed by atoms with Crippen LogP contribution in [0.1, 0.15) is 17.0 Å². The number of hydrogen-bond donors (Lipinski definition) is 0. The van der Waals surface area contributed by atoms with Crippen LogP contribution in [0.3, 0.4) is 0 Å². The third-order valence-corrected chi connectivity index (χ3v) is 2.46. The van der Waals surface area contributed by atoms with Crippen molar-refractivity contribution in [3.8, 4) is 0 Å². The van der Waals surface area contributed by atoms with Gasteiger partial charge in [-0.2, -0.15) is 0 Å². The summed E-state index contributed by atoms with van der Waals surface area (Å²) in [7, 11) is 0. The zero-order valence-corrected chi connectivity index (χ0v) is 9.16. The Hall–Kier alpha value is -1.35. The molecule has 0 N–H and O–H groups in total. The van der Waals surface area contributed by atoms with Crippen molar-refractivity contribution in [2.45, 2.75) is 19.8 Å². The summed E-state index contributed by atoms with van der Waals surface area (Å²) in [4.78, 5) is 0. The number of nitrogens with zero attached hydrogens (tertiary/aromatic N) is 2. The summed E-state index contributed by atoms with van der Waals surface area (Å²) in [5.74, 6) is 0.586. The maximum absolute atomic E-state index is 5.53. The Kier molecular flexibility index (Phi) is 3.02. The van der Waals surface area contributed by atoms with Gasteiger partial charge in [0.05, 0.1) is 0 Å². The maximum Gasteiger partial charge on any atom is 0.312 e. The van der Waals surface area contributed by atoms with Crippen molar-refractivity contribution >= 4 is 11.6 Å². The summed E-state index contributed by atoms with van der Waals surface area (Å²) in [5.41, 5.74) is 2.58. The number of hydrogen-bond acceptors (Lipinski definition) is 3. The molecule has 0 spiro atoms. The van der Waals surface area contributed by atoms with E-state index in [1.165, 1.54) is 11.1 Å². The van der Waals surface area contributed by atoms with Crippen LogP contribution in [0.15, 0.2) is 28.7 Å². The minimum Gasteiger partial charge on any atom is -0.412 e. The Morgan fingerprint density at radius 1 is 1.20 bits per heavy atom. The van der Waals surface area contributed by atoms with E-state index in [1.54, 1.807) is 0 Å². The van der Waals surface area contributed by atoms with Crippen LogP contribution in [0.2, 0.25) is 5.35 Å². The van der Waals surface area contributed by atoms with E-state index >= 15 is 0 Å². The fourth-order valence-corrected chi connectivity index (χ4v) is 1.59. The smallest absolute Gasteiger partial charge is 0.312 e. The van der Waals surface area contributed by atoms with Crippen LogP contribution in [0.5, 0.6) is 0 Å². The molecule has 0 aliphatic heterocycles. The maximum atomic E-state index is 5.53. The SMILES string of the molecule is Cc1ccccc1CCc1nnc(Cl)o1. The first-order valence-corrected chi connectivity index (χ1v) is 5.16. The van der Waals surface area contributed by atoms with Gasteiger partial charge < -0.3 is 4.42 Å². The molecular formula is C11H11ClN2O. The van der Waals surface area contributed by atoms with E-state index in [9.17, 15) is 0 Å². The molecule has 1 aromatic heterocycles. The van der Waals surface area contributed by atoms with E-state index in [0.29, 0.717) is 5.89 Å². The van der Waals surface area contributed by atoms with Crippen molar-refractivity contribution in [3.05, 3.63) is 46.6 Å². The van der Waals surface area contributed by atoms with Gasteiger partial charge in [0.25, 0.3) is 0 Å². The predicted octanol–water partition coefficient (Wildman–Crippen LogP) is 2.82. The number of aryl methyl sites for hydroxylation is 3. The van der Waals surface area contributed by atoms with E-state index in [2.05, 4.69) is 29.3 Å². The van der Waals surface area contributed by atoms with Crippen LogP contribution >= 0.6 is 11.6 Å². The highest BCUT2D eigenvalue weighted by Crippen LogP contribution is 2.12. The molecular weight excluding hydrogens is 212 g/mol. The lowest BCUT2D eigenvalue weighted by atomic mass is 10.0. The molecule has 0 saturated heterocycles. The zero-order valence-electron chi connectivity index (χ0n) is 8.40. The van der Waals surface area contributed by atoms with Crippen molar-refractivity contribution in [3.63, 3.8) is 0 Å². The largest absolute Gasteiger partial charge is 0.412 e. The second-order valence-electron chi connectivity index (χ2n) is 3.38. The summed E-state index contributed by atoms with van der Waals surface area (Å²) >= 11 is 5.53. The Balaban J connectivity index is 2.02. The molecule has 1 heterocycles. The van der Waals surface area contributed by atoms with Gasteiger partial charge in [-0.15, -0.1) is 5.10 Å². The van der Waals surface area contributed by atoms with E-state index in [0.717, 1.165) is 12.8 Å². The Labute approximate surface area is 93.1 Å². The summed E-state index contributed by atoms with van der Waals surface area (Å²) in [6.45, 7) is 2.09. The molecule has 0 saturated carbocycles. The number of rotatable bonds is 3. The second-order valence-corrected chi connectivity index (χ2v) is 3.70. The molecule has 0 amide bonds. The minimum absolute atomic E-state index is 0.106. The van der Waals surface area contributed by atoms with Crippen LogP contribution < -0.4 is 0 Å². The van der Waals surface area contributed by atoms with Gasteiger partial charge in [-0.25, -0.2) is 0 Å². The summed E-state index contributed by atoms with van der Waals surface area (Å²) < 4.78 is 5.09. The highest BCUT2D eigenvalue weighted by molar-refractivity contribution is 6.27. The van der Waals surface area contributed by atoms with Gasteiger partial charge in [0.15, 0.2) is 0 Å². The van der Waals surface area contributed by atoms with E-state index < -0.39 is 0 Å². The normalized spacial score (nSPS) is 10.5. The molecule has 0 radical (unpaired) electrons. The molecule has 3 nitrogen and oxygen atoms in total. The van der Waals surface area contributed by atoms with Crippen LogP contribution in [0.4, 0.5) is 0 Å². The molecule has 78 valence electrons. The van der Waals surface area contributed by atoms with Crippen molar-refractivity contribution in [1.82, 2.24) is 10.2 Å². The lowest BCUT2D eigenvalue weighted by Crippen LogP contribution is -1.94. The number of benzene rings is 1. The Bertz CT molecular complexity index is 453. The van der Waals surface area contributed by atoms with E-state index in [4.69, 9.17) is 16.0 Å². The number of aromatic nitrogens is 2. The molecule has 4 heteroatoms. The molecule has 0 aliphatic carbocycles. The van der Waals surface area contributed by atoms with Crippen LogP contribution in [-0.2, 0) is 12.8 Å².